The topological polar surface area (TPSA) is 101 Å². The van der Waals surface area contributed by atoms with Gasteiger partial charge in [-0.2, -0.15) is 0 Å². The van der Waals surface area contributed by atoms with Gasteiger partial charge in [0.15, 0.2) is 0 Å². The van der Waals surface area contributed by atoms with Gasteiger partial charge >= 0.3 is 0 Å². The molecule has 0 amide bonds. The van der Waals surface area contributed by atoms with Gasteiger partial charge in [-0.05, 0) is 35.1 Å². The van der Waals surface area contributed by atoms with E-state index >= 15 is 0 Å². The zero-order valence-corrected chi connectivity index (χ0v) is 13.1. The van der Waals surface area contributed by atoms with Crippen LogP contribution in [0.15, 0.2) is 27.6 Å². The van der Waals surface area contributed by atoms with E-state index < -0.39 is 14.9 Å². The second-order valence-corrected chi connectivity index (χ2v) is 5.99. The predicted octanol–water partition coefficient (Wildman–Crippen LogP) is 1.28. The zero-order valence-electron chi connectivity index (χ0n) is 9.92. The maximum absolute atomic E-state index is 11.8. The molecule has 0 aromatic heterocycles. The van der Waals surface area contributed by atoms with Crippen LogP contribution in [0.2, 0.25) is 0 Å². The molecule has 0 aliphatic rings. The molecule has 0 aliphatic heterocycles. The number of hydrogen-bond donors (Lipinski definition) is 2. The van der Waals surface area contributed by atoms with Crippen LogP contribution in [-0.2, 0) is 10.0 Å². The largest absolute Gasteiger partial charge is 0.318 e. The molecular weight excluding hydrogens is 362 g/mol. The van der Waals surface area contributed by atoms with E-state index in [1.807, 2.05) is 0 Å². The quantitative estimate of drug-likeness (QED) is 0.444. The van der Waals surface area contributed by atoms with Crippen molar-refractivity contribution in [3.63, 3.8) is 0 Å². The van der Waals surface area contributed by atoms with Gasteiger partial charge < -0.3 is 5.32 Å². The third-order valence-corrected chi connectivity index (χ3v) is 4.19. The van der Waals surface area contributed by atoms with Crippen molar-refractivity contribution in [1.82, 2.24) is 10.0 Å². The van der Waals surface area contributed by atoms with Crippen LogP contribution in [-0.4, -0.2) is 33.5 Å². The Morgan fingerprint density at radius 3 is 2.47 bits per heavy atom. The number of nitro groups is 1. The van der Waals surface area contributed by atoms with Crippen molar-refractivity contribution >= 4 is 44.0 Å². The van der Waals surface area contributed by atoms with E-state index in [4.69, 9.17) is 0 Å². The highest BCUT2D eigenvalue weighted by Gasteiger charge is 2.18. The van der Waals surface area contributed by atoms with Gasteiger partial charge in [-0.1, -0.05) is 0 Å². The summed E-state index contributed by atoms with van der Waals surface area (Å²) >= 11 is 2.98. The Hall–Kier alpha value is -0.740. The summed E-state index contributed by atoms with van der Waals surface area (Å²) < 4.78 is 26.1. The van der Waals surface area contributed by atoms with Crippen molar-refractivity contribution in [2.24, 2.45) is 0 Å². The fraction of sp³-hybridized carbons (Fsp3) is 0.333. The monoisotopic (exact) mass is 373 g/mol. The highest BCUT2D eigenvalue weighted by Crippen LogP contribution is 2.27. The normalized spacial score (nSPS) is 10.8. The van der Waals surface area contributed by atoms with Crippen LogP contribution in [0.25, 0.3) is 0 Å². The minimum absolute atomic E-state index is 0. The van der Waals surface area contributed by atoms with Gasteiger partial charge in [-0.3, -0.25) is 10.1 Å². The number of nitrogens with zero attached hydrogens (tertiary/aromatic N) is 1. The Balaban J connectivity index is 0.00000324. The van der Waals surface area contributed by atoms with E-state index in [2.05, 4.69) is 26.0 Å². The lowest BCUT2D eigenvalue weighted by Gasteiger charge is -2.06. The number of benzene rings is 1. The molecule has 0 fully saturated rings. The Bertz CT molecular complexity index is 552. The second-order valence-electron chi connectivity index (χ2n) is 3.37. The third-order valence-electron chi connectivity index (χ3n) is 2.09. The van der Waals surface area contributed by atoms with Crippen LogP contribution < -0.4 is 10.0 Å². The van der Waals surface area contributed by atoms with E-state index in [0.29, 0.717) is 6.54 Å². The van der Waals surface area contributed by atoms with Crippen molar-refractivity contribution < 1.29 is 13.3 Å². The van der Waals surface area contributed by atoms with Gasteiger partial charge in [0.2, 0.25) is 10.0 Å². The molecule has 0 saturated carbocycles. The van der Waals surface area contributed by atoms with E-state index in [9.17, 15) is 18.5 Å². The van der Waals surface area contributed by atoms with Crippen LogP contribution >= 0.6 is 28.3 Å². The number of rotatable bonds is 6. The molecule has 7 nitrogen and oxygen atoms in total. The number of likely N-dealkylation sites (N-methyl/N-ethyl adjacent to an activating group) is 1. The summed E-state index contributed by atoms with van der Waals surface area (Å²) in [5.41, 5.74) is -0.177. The van der Waals surface area contributed by atoms with Crippen molar-refractivity contribution in [2.75, 3.05) is 20.1 Å². The minimum Gasteiger partial charge on any atom is -0.318 e. The lowest BCUT2D eigenvalue weighted by atomic mass is 10.3. The second kappa shape index (κ2) is 7.75. The highest BCUT2D eigenvalue weighted by molar-refractivity contribution is 9.10. The highest BCUT2D eigenvalue weighted by atomic mass is 79.9. The van der Waals surface area contributed by atoms with Crippen molar-refractivity contribution in [1.29, 1.82) is 0 Å². The molecule has 0 unspecified atom stereocenters. The number of halogens is 2. The Morgan fingerprint density at radius 1 is 1.37 bits per heavy atom. The summed E-state index contributed by atoms with van der Waals surface area (Å²) in [5, 5.41) is 13.4. The molecule has 1 aromatic rings. The Kier molecular flexibility index (Phi) is 7.45. The Labute approximate surface area is 125 Å². The molecule has 0 aliphatic carbocycles. The van der Waals surface area contributed by atoms with Crippen LogP contribution in [0.4, 0.5) is 5.69 Å². The molecule has 108 valence electrons. The first kappa shape index (κ1) is 18.3. The average Bonchev–Trinajstić information content (AvgIpc) is 2.28. The third kappa shape index (κ3) is 5.03. The minimum atomic E-state index is -3.64. The molecule has 0 heterocycles. The SMILES string of the molecule is CNCCNS(=O)(=O)c1ccc([N+](=O)[O-])c(Br)c1.Cl. The molecule has 19 heavy (non-hydrogen) atoms. The molecule has 10 heteroatoms. The summed E-state index contributed by atoms with van der Waals surface area (Å²) in [6.07, 6.45) is 0. The molecule has 0 bridgehead atoms. The maximum Gasteiger partial charge on any atom is 0.283 e. The molecule has 0 radical (unpaired) electrons. The van der Waals surface area contributed by atoms with Gasteiger partial charge in [0, 0.05) is 19.2 Å². The van der Waals surface area contributed by atoms with Crippen molar-refractivity contribution in [2.45, 2.75) is 4.90 Å². The molecule has 0 saturated heterocycles. The standard InChI is InChI=1S/C9H12BrN3O4S.ClH/c1-11-4-5-12-18(16,17)7-2-3-9(13(14)15)8(10)6-7;/h2-3,6,11-12H,4-5H2,1H3;1H. The Morgan fingerprint density at radius 2 is 2.00 bits per heavy atom. The van der Waals surface area contributed by atoms with Crippen LogP contribution in [0.1, 0.15) is 0 Å². The van der Waals surface area contributed by atoms with Gasteiger partial charge in [-0.15, -0.1) is 12.4 Å². The fourth-order valence-corrected chi connectivity index (χ4v) is 2.93. The molecule has 1 aromatic carbocycles. The van der Waals surface area contributed by atoms with Crippen LogP contribution in [0.5, 0.6) is 0 Å². The lowest BCUT2D eigenvalue weighted by Crippen LogP contribution is -2.30. The fourth-order valence-electron chi connectivity index (χ4n) is 1.20. The summed E-state index contributed by atoms with van der Waals surface area (Å²) in [4.78, 5) is 9.99. The van der Waals surface area contributed by atoms with Crippen molar-refractivity contribution in [3.8, 4) is 0 Å². The molecule has 1 rings (SSSR count). The molecule has 0 spiro atoms. The van der Waals surface area contributed by atoms with E-state index in [-0.39, 0.29) is 34.0 Å². The summed E-state index contributed by atoms with van der Waals surface area (Å²) in [6.45, 7) is 0.737. The summed E-state index contributed by atoms with van der Waals surface area (Å²) in [7, 11) is -1.93. The van der Waals surface area contributed by atoms with E-state index in [1.165, 1.54) is 12.1 Å². The number of sulfonamides is 1. The molecule has 2 N–H and O–H groups in total. The zero-order chi connectivity index (χ0) is 13.8. The average molecular weight is 375 g/mol. The molecular formula is C9H13BrClN3O4S. The number of nitrogens with one attached hydrogen (secondary N) is 2. The van der Waals surface area contributed by atoms with E-state index in [1.54, 1.807) is 7.05 Å². The predicted molar refractivity (Wildman–Crippen MR) is 77.2 cm³/mol. The first-order valence-electron chi connectivity index (χ1n) is 4.96. The lowest BCUT2D eigenvalue weighted by molar-refractivity contribution is -0.385. The van der Waals surface area contributed by atoms with Crippen molar-refractivity contribution in [3.05, 3.63) is 32.8 Å². The van der Waals surface area contributed by atoms with Gasteiger partial charge in [0.25, 0.3) is 5.69 Å². The summed E-state index contributed by atoms with van der Waals surface area (Å²) in [6, 6.07) is 3.56. The number of nitro benzene ring substituents is 1. The van der Waals surface area contributed by atoms with Gasteiger partial charge in [0.05, 0.1) is 14.3 Å². The van der Waals surface area contributed by atoms with Gasteiger partial charge in [0.1, 0.15) is 0 Å². The molecule has 0 atom stereocenters. The van der Waals surface area contributed by atoms with Crippen LogP contribution in [0, 0.1) is 10.1 Å². The first-order chi connectivity index (χ1) is 8.38. The first-order valence-corrected chi connectivity index (χ1v) is 7.24. The van der Waals surface area contributed by atoms with Gasteiger partial charge in [-0.25, -0.2) is 13.1 Å². The summed E-state index contributed by atoms with van der Waals surface area (Å²) in [5.74, 6) is 0. The van der Waals surface area contributed by atoms with Crippen LogP contribution in [0.3, 0.4) is 0 Å². The maximum atomic E-state index is 11.8. The number of hydrogen-bond acceptors (Lipinski definition) is 5. The smallest absolute Gasteiger partial charge is 0.283 e. The van der Waals surface area contributed by atoms with E-state index in [0.717, 1.165) is 6.07 Å².